The van der Waals surface area contributed by atoms with Crippen LogP contribution < -0.4 is 11.2 Å². The van der Waals surface area contributed by atoms with E-state index in [4.69, 9.17) is 13.6 Å². The van der Waals surface area contributed by atoms with Crippen LogP contribution in [-0.2, 0) is 20.1 Å². The van der Waals surface area contributed by atoms with E-state index in [1.54, 1.807) is 18.3 Å². The van der Waals surface area contributed by atoms with Crippen molar-refractivity contribution in [3.05, 3.63) is 68.9 Å². The van der Waals surface area contributed by atoms with Gasteiger partial charge in [-0.15, -0.1) is 5.10 Å². The number of rotatable bonds is 9. The molecule has 0 bridgehead atoms. The van der Waals surface area contributed by atoms with Crippen molar-refractivity contribution < 1.29 is 18.0 Å². The average Bonchev–Trinajstić information content (AvgIpc) is 3.50. The molecule has 0 spiro atoms. The van der Waals surface area contributed by atoms with Gasteiger partial charge in [0.05, 0.1) is 31.0 Å². The monoisotopic (exact) mass is 631 g/mol. The lowest BCUT2D eigenvalue weighted by atomic mass is 10.2. The molecule has 10 nitrogen and oxygen atoms in total. The Hall–Kier alpha value is -2.72. The minimum absolute atomic E-state index is 0.0114. The number of hydrogen-bond acceptors (Lipinski definition) is 7. The van der Waals surface area contributed by atoms with Gasteiger partial charge >= 0.3 is 5.69 Å². The molecule has 236 valence electrons. The van der Waals surface area contributed by atoms with Gasteiger partial charge in [0, 0.05) is 18.2 Å². The summed E-state index contributed by atoms with van der Waals surface area (Å²) in [5, 5.41) is 8.30. The van der Waals surface area contributed by atoms with Gasteiger partial charge in [0.25, 0.3) is 5.56 Å². The first-order valence-electron chi connectivity index (χ1n) is 14.7. The molecule has 3 atom stereocenters. The highest BCUT2D eigenvalue weighted by Gasteiger charge is 2.46. The maximum atomic E-state index is 13.3. The lowest BCUT2D eigenvalue weighted by Crippen LogP contribution is -2.48. The van der Waals surface area contributed by atoms with Crippen LogP contribution in [0.5, 0.6) is 0 Å². The third-order valence-corrected chi connectivity index (χ3v) is 18.2. The first kappa shape index (κ1) is 33.2. The summed E-state index contributed by atoms with van der Waals surface area (Å²) in [5.41, 5.74) is 0.497. The lowest BCUT2D eigenvalue weighted by molar-refractivity contribution is -0.0413. The molecule has 4 rings (SSSR count). The molecule has 2 aromatic heterocycles. The first-order valence-corrected chi connectivity index (χ1v) is 20.6. The van der Waals surface area contributed by atoms with Crippen LogP contribution >= 0.6 is 0 Å². The number of H-pyrrole nitrogens is 1. The summed E-state index contributed by atoms with van der Waals surface area (Å²) in [6, 6.07) is 5.93. The molecule has 3 heterocycles. The van der Waals surface area contributed by atoms with Crippen LogP contribution in [0, 0.1) is 5.82 Å². The summed E-state index contributed by atoms with van der Waals surface area (Å²) in [6.45, 7) is 22.4. The Labute approximate surface area is 254 Å². The zero-order chi connectivity index (χ0) is 32.0. The smallest absolute Gasteiger partial charge is 0.330 e. The van der Waals surface area contributed by atoms with Crippen molar-refractivity contribution in [3.63, 3.8) is 0 Å². The molecule has 13 heteroatoms. The molecule has 1 aliphatic heterocycles. The van der Waals surface area contributed by atoms with Crippen molar-refractivity contribution in [1.82, 2.24) is 24.5 Å². The van der Waals surface area contributed by atoms with E-state index in [1.807, 2.05) is 0 Å². The minimum atomic E-state index is -2.18. The summed E-state index contributed by atoms with van der Waals surface area (Å²) in [6.07, 6.45) is 2.37. The van der Waals surface area contributed by atoms with Gasteiger partial charge in [-0.05, 0) is 60.5 Å². The molecule has 0 unspecified atom stereocenters. The van der Waals surface area contributed by atoms with Crippen LogP contribution in [-0.4, -0.2) is 60.0 Å². The van der Waals surface area contributed by atoms with Crippen LogP contribution in [0.25, 0.3) is 11.3 Å². The van der Waals surface area contributed by atoms with Crippen molar-refractivity contribution in [2.75, 3.05) is 6.61 Å². The van der Waals surface area contributed by atoms with Crippen molar-refractivity contribution >= 4 is 16.6 Å². The molecule has 1 aliphatic rings. The van der Waals surface area contributed by atoms with E-state index in [-0.39, 0.29) is 34.6 Å². The number of ether oxygens (including phenoxy) is 1. The highest BCUT2D eigenvalue weighted by molar-refractivity contribution is 6.74. The third-order valence-electron chi connectivity index (χ3n) is 9.21. The van der Waals surface area contributed by atoms with Gasteiger partial charge in [-0.3, -0.25) is 14.3 Å². The van der Waals surface area contributed by atoms with Gasteiger partial charge in [-0.2, -0.15) is 0 Å². The van der Waals surface area contributed by atoms with Crippen LogP contribution in [0.3, 0.4) is 0 Å². The molecule has 0 saturated carbocycles. The summed E-state index contributed by atoms with van der Waals surface area (Å²) >= 11 is 0. The van der Waals surface area contributed by atoms with Crippen LogP contribution in [0.1, 0.15) is 59.8 Å². The van der Waals surface area contributed by atoms with E-state index in [9.17, 15) is 14.0 Å². The second kappa shape index (κ2) is 12.0. The van der Waals surface area contributed by atoms with Crippen LogP contribution in [0.2, 0.25) is 36.3 Å². The van der Waals surface area contributed by atoms with E-state index >= 15 is 0 Å². The number of nitrogens with zero attached hydrogens (tertiary/aromatic N) is 4. The number of hydrogen-bond donors (Lipinski definition) is 1. The fourth-order valence-electron chi connectivity index (χ4n) is 4.36. The highest BCUT2D eigenvalue weighted by atomic mass is 28.4. The molecule has 0 amide bonds. The quantitative estimate of drug-likeness (QED) is 0.302. The minimum Gasteiger partial charge on any atom is -0.414 e. The Kier molecular flexibility index (Phi) is 9.26. The molecule has 3 aromatic rings. The van der Waals surface area contributed by atoms with E-state index in [1.165, 1.54) is 27.6 Å². The standard InChI is InChI=1S/C30H46FN5O5Si2/c1-29(2,3)42(7,8)39-19-25-24(41-43(9,10)30(4,5)6)15-26(40-25)36-17-21(27(37)32-28(36)38)16-35-18-23(33-34-35)20-11-13-22(31)14-12-20/h11-14,17-18,24-26H,15-16,19H2,1-10H3,(H,32,37,38)/t24-,25+,26+/m0/s1. The Morgan fingerprint density at radius 1 is 1.00 bits per heavy atom. The van der Waals surface area contributed by atoms with Gasteiger partial charge < -0.3 is 13.6 Å². The Morgan fingerprint density at radius 2 is 1.63 bits per heavy atom. The number of benzene rings is 1. The maximum absolute atomic E-state index is 13.3. The molecule has 43 heavy (non-hydrogen) atoms. The first-order chi connectivity index (χ1) is 19.8. The number of halogens is 1. The second-order valence-electron chi connectivity index (χ2n) is 14.5. The normalized spacial score (nSPS) is 20.1. The largest absolute Gasteiger partial charge is 0.414 e. The lowest BCUT2D eigenvalue weighted by Gasteiger charge is -2.40. The predicted molar refractivity (Wildman–Crippen MR) is 170 cm³/mol. The van der Waals surface area contributed by atoms with E-state index in [0.717, 1.165) is 0 Å². The van der Waals surface area contributed by atoms with Gasteiger partial charge in [0.15, 0.2) is 16.6 Å². The fourth-order valence-corrected chi connectivity index (χ4v) is 6.74. The fraction of sp³-hybridized carbons (Fsp3) is 0.600. The van der Waals surface area contributed by atoms with Crippen molar-refractivity contribution in [3.8, 4) is 11.3 Å². The van der Waals surface area contributed by atoms with Gasteiger partial charge in [0.2, 0.25) is 0 Å². The maximum Gasteiger partial charge on any atom is 0.330 e. The van der Waals surface area contributed by atoms with Gasteiger partial charge in [-0.25, -0.2) is 13.9 Å². The molecule has 0 aliphatic carbocycles. The predicted octanol–water partition coefficient (Wildman–Crippen LogP) is 5.68. The Bertz CT molecular complexity index is 1540. The number of nitrogens with one attached hydrogen (secondary N) is 1. The van der Waals surface area contributed by atoms with Crippen molar-refractivity contribution in [2.45, 2.75) is 109 Å². The van der Waals surface area contributed by atoms with Crippen molar-refractivity contribution in [2.24, 2.45) is 0 Å². The van der Waals surface area contributed by atoms with Crippen molar-refractivity contribution in [1.29, 1.82) is 0 Å². The highest BCUT2D eigenvalue weighted by Crippen LogP contribution is 2.42. The zero-order valence-corrected chi connectivity index (χ0v) is 29.0. The Balaban J connectivity index is 1.59. The van der Waals surface area contributed by atoms with Crippen LogP contribution in [0.4, 0.5) is 4.39 Å². The summed E-state index contributed by atoms with van der Waals surface area (Å²) in [5.74, 6) is -0.343. The molecular formula is C30H46FN5O5Si2. The van der Waals surface area contributed by atoms with E-state index in [0.29, 0.717) is 29.8 Å². The topological polar surface area (TPSA) is 113 Å². The van der Waals surface area contributed by atoms with E-state index < -0.39 is 34.1 Å². The van der Waals surface area contributed by atoms with E-state index in [2.05, 4.69) is 83.0 Å². The number of aromatic amines is 1. The molecule has 1 saturated heterocycles. The molecule has 1 aromatic carbocycles. The van der Waals surface area contributed by atoms with Crippen LogP contribution in [0.15, 0.2) is 46.2 Å². The molecular weight excluding hydrogens is 586 g/mol. The Morgan fingerprint density at radius 3 is 2.23 bits per heavy atom. The summed E-state index contributed by atoms with van der Waals surface area (Å²) in [7, 11) is -4.25. The molecule has 1 fully saturated rings. The molecule has 0 radical (unpaired) electrons. The third kappa shape index (κ3) is 7.51. The average molecular weight is 632 g/mol. The van der Waals surface area contributed by atoms with Gasteiger partial charge in [-0.1, -0.05) is 46.8 Å². The number of aromatic nitrogens is 5. The zero-order valence-electron chi connectivity index (χ0n) is 27.0. The SMILES string of the molecule is CC(C)(C)[Si](C)(C)OC[C@H]1O[C@@H](n2cc(Cn3cc(-c4ccc(F)cc4)nn3)c(=O)[nH]c2=O)C[C@@H]1O[Si](C)(C)C(C)(C)C. The second-order valence-corrected chi connectivity index (χ2v) is 24.0. The molecule has 1 N–H and O–H groups in total. The summed E-state index contributed by atoms with van der Waals surface area (Å²) < 4.78 is 36.2. The summed E-state index contributed by atoms with van der Waals surface area (Å²) in [4.78, 5) is 28.3. The van der Waals surface area contributed by atoms with Gasteiger partial charge in [0.1, 0.15) is 23.8 Å².